The van der Waals surface area contributed by atoms with E-state index in [1.54, 1.807) is 13.0 Å². The molecule has 1 amide bonds. The second kappa shape index (κ2) is 2.65. The molecule has 4 heteroatoms. The molecule has 0 aromatic rings. The highest BCUT2D eigenvalue weighted by molar-refractivity contribution is 6.21. The normalized spacial score (nSPS) is 26.1. The summed E-state index contributed by atoms with van der Waals surface area (Å²) in [4.78, 5) is 19.1. The molecule has 2 rings (SSSR count). The third kappa shape index (κ3) is 1.30. The van der Waals surface area contributed by atoms with Crippen molar-refractivity contribution in [2.75, 3.05) is 0 Å². The van der Waals surface area contributed by atoms with Gasteiger partial charge in [-0.1, -0.05) is 0 Å². The van der Waals surface area contributed by atoms with Crippen LogP contribution in [-0.4, -0.2) is 22.6 Å². The Hall–Kier alpha value is -1.71. The lowest BCUT2D eigenvalue weighted by Crippen LogP contribution is -2.26. The zero-order chi connectivity index (χ0) is 9.42. The number of rotatable bonds is 0. The highest BCUT2D eigenvalue weighted by Gasteiger charge is 2.26. The van der Waals surface area contributed by atoms with Crippen LogP contribution in [0.25, 0.3) is 0 Å². The van der Waals surface area contributed by atoms with Crippen LogP contribution in [0.1, 0.15) is 6.92 Å². The van der Waals surface area contributed by atoms with Gasteiger partial charge in [-0.2, -0.15) is 4.99 Å². The molecule has 0 saturated carbocycles. The summed E-state index contributed by atoms with van der Waals surface area (Å²) >= 11 is 0. The Bertz CT molecular complexity index is 388. The van der Waals surface area contributed by atoms with Crippen LogP contribution >= 0.6 is 0 Å². The van der Waals surface area contributed by atoms with Gasteiger partial charge in [-0.15, -0.1) is 0 Å². The van der Waals surface area contributed by atoms with Crippen molar-refractivity contribution in [3.05, 3.63) is 24.0 Å². The van der Waals surface area contributed by atoms with E-state index in [4.69, 9.17) is 5.11 Å². The van der Waals surface area contributed by atoms with E-state index < -0.39 is 5.92 Å². The molecule has 0 radical (unpaired) electrons. The van der Waals surface area contributed by atoms with Crippen LogP contribution in [-0.2, 0) is 4.79 Å². The molecule has 0 fully saturated rings. The SMILES string of the molecule is CC1=NC(=O)C2C=C(O)C=CC2=N1. The van der Waals surface area contributed by atoms with Crippen molar-refractivity contribution in [1.29, 1.82) is 0 Å². The molecule has 0 bridgehead atoms. The first-order chi connectivity index (χ1) is 6.16. The number of hydrogen-bond donors (Lipinski definition) is 1. The lowest BCUT2D eigenvalue weighted by Gasteiger charge is -2.16. The van der Waals surface area contributed by atoms with Crippen molar-refractivity contribution in [3.8, 4) is 0 Å². The number of aliphatic hydroxyl groups is 1. The van der Waals surface area contributed by atoms with Gasteiger partial charge in [-0.3, -0.25) is 4.79 Å². The molecule has 4 nitrogen and oxygen atoms in total. The van der Waals surface area contributed by atoms with Crippen molar-refractivity contribution >= 4 is 17.5 Å². The summed E-state index contributed by atoms with van der Waals surface area (Å²) in [6, 6.07) is 0. The van der Waals surface area contributed by atoms with Crippen molar-refractivity contribution in [3.63, 3.8) is 0 Å². The third-order valence-electron chi connectivity index (χ3n) is 1.91. The maximum atomic E-state index is 11.3. The number of amides is 1. The van der Waals surface area contributed by atoms with E-state index in [0.29, 0.717) is 11.5 Å². The van der Waals surface area contributed by atoms with Gasteiger partial charge in [0.05, 0.1) is 5.71 Å². The molecular weight excluding hydrogens is 168 g/mol. The van der Waals surface area contributed by atoms with Gasteiger partial charge in [0.2, 0.25) is 0 Å². The van der Waals surface area contributed by atoms with Gasteiger partial charge in [0.15, 0.2) is 0 Å². The Labute approximate surface area is 75.0 Å². The average molecular weight is 176 g/mol. The van der Waals surface area contributed by atoms with E-state index in [2.05, 4.69) is 9.98 Å². The lowest BCUT2D eigenvalue weighted by molar-refractivity contribution is -0.118. The number of allylic oxidation sites excluding steroid dienone is 2. The summed E-state index contributed by atoms with van der Waals surface area (Å²) in [6.07, 6.45) is 4.61. The molecule has 1 atom stereocenters. The third-order valence-corrected chi connectivity index (χ3v) is 1.91. The topological polar surface area (TPSA) is 62.0 Å². The minimum atomic E-state index is -0.492. The van der Waals surface area contributed by atoms with E-state index >= 15 is 0 Å². The van der Waals surface area contributed by atoms with Crippen LogP contribution in [0.5, 0.6) is 0 Å². The Morgan fingerprint density at radius 2 is 2.15 bits per heavy atom. The molecule has 0 aromatic carbocycles. The molecule has 1 N–H and O–H groups in total. The smallest absolute Gasteiger partial charge is 0.260 e. The Kier molecular flexibility index (Phi) is 1.62. The molecule has 1 unspecified atom stereocenters. The minimum Gasteiger partial charge on any atom is -0.508 e. The largest absolute Gasteiger partial charge is 0.508 e. The number of aliphatic hydroxyl groups excluding tert-OH is 1. The zero-order valence-electron chi connectivity index (χ0n) is 7.06. The molecule has 1 heterocycles. The molecule has 0 aromatic heterocycles. The Morgan fingerprint density at radius 3 is 2.92 bits per heavy atom. The minimum absolute atomic E-state index is 0.0899. The van der Waals surface area contributed by atoms with Crippen molar-refractivity contribution in [2.24, 2.45) is 15.9 Å². The average Bonchev–Trinajstić information content (AvgIpc) is 2.06. The molecule has 0 saturated heterocycles. The van der Waals surface area contributed by atoms with E-state index in [9.17, 15) is 4.79 Å². The summed E-state index contributed by atoms with van der Waals surface area (Å²) in [5.74, 6) is -0.199. The first-order valence-electron chi connectivity index (χ1n) is 3.93. The van der Waals surface area contributed by atoms with Gasteiger partial charge in [0.25, 0.3) is 5.91 Å². The second-order valence-electron chi connectivity index (χ2n) is 2.94. The first-order valence-corrected chi connectivity index (χ1v) is 3.93. The number of fused-ring (bicyclic) bond motifs is 1. The van der Waals surface area contributed by atoms with Crippen LogP contribution < -0.4 is 0 Å². The summed E-state index contributed by atoms with van der Waals surface area (Å²) in [5, 5.41) is 9.15. The molecule has 2 aliphatic rings. The van der Waals surface area contributed by atoms with E-state index in [1.807, 2.05) is 0 Å². The van der Waals surface area contributed by atoms with Gasteiger partial charge < -0.3 is 5.11 Å². The van der Waals surface area contributed by atoms with Crippen LogP contribution in [0.2, 0.25) is 0 Å². The van der Waals surface area contributed by atoms with E-state index in [0.717, 1.165) is 0 Å². The summed E-state index contributed by atoms with van der Waals surface area (Å²) < 4.78 is 0. The van der Waals surface area contributed by atoms with Crippen LogP contribution in [0.15, 0.2) is 34.0 Å². The lowest BCUT2D eigenvalue weighted by atomic mass is 9.96. The fourth-order valence-corrected chi connectivity index (χ4v) is 1.33. The van der Waals surface area contributed by atoms with Gasteiger partial charge in [-0.25, -0.2) is 4.99 Å². The zero-order valence-corrected chi connectivity index (χ0v) is 7.06. The second-order valence-corrected chi connectivity index (χ2v) is 2.94. The first kappa shape index (κ1) is 7.91. The number of amidine groups is 1. The van der Waals surface area contributed by atoms with Crippen LogP contribution in [0.3, 0.4) is 0 Å². The standard InChI is InChI=1S/C9H8N2O2/c1-5-10-8-3-2-6(12)4-7(8)9(13)11-5/h2-4,7,12H,1H3. The van der Waals surface area contributed by atoms with Crippen LogP contribution in [0.4, 0.5) is 0 Å². The molecular formula is C9H8N2O2. The van der Waals surface area contributed by atoms with Gasteiger partial charge in [-0.05, 0) is 25.2 Å². The Morgan fingerprint density at radius 1 is 1.38 bits per heavy atom. The maximum Gasteiger partial charge on any atom is 0.260 e. The number of carbonyl (C=O) groups is 1. The quantitative estimate of drug-likeness (QED) is 0.598. The molecule has 1 aliphatic heterocycles. The number of hydrogen-bond acceptors (Lipinski definition) is 3. The van der Waals surface area contributed by atoms with Crippen LogP contribution in [0, 0.1) is 5.92 Å². The number of carbonyl (C=O) groups excluding carboxylic acids is 1. The highest BCUT2D eigenvalue weighted by atomic mass is 16.3. The molecule has 0 spiro atoms. The summed E-state index contributed by atoms with van der Waals surface area (Å²) in [7, 11) is 0. The monoisotopic (exact) mass is 176 g/mol. The summed E-state index contributed by atoms with van der Waals surface area (Å²) in [5.41, 5.74) is 0.648. The number of nitrogens with zero attached hydrogens (tertiary/aromatic N) is 2. The predicted octanol–water partition coefficient (Wildman–Crippen LogP) is 1.01. The molecule has 66 valence electrons. The van der Waals surface area contributed by atoms with Gasteiger partial charge in [0.1, 0.15) is 17.5 Å². The maximum absolute atomic E-state index is 11.3. The molecule has 13 heavy (non-hydrogen) atoms. The van der Waals surface area contributed by atoms with Gasteiger partial charge >= 0.3 is 0 Å². The van der Waals surface area contributed by atoms with Crippen molar-refractivity contribution in [1.82, 2.24) is 0 Å². The van der Waals surface area contributed by atoms with Crippen molar-refractivity contribution < 1.29 is 9.90 Å². The summed E-state index contributed by atoms with van der Waals surface area (Å²) in [6.45, 7) is 1.67. The van der Waals surface area contributed by atoms with E-state index in [-0.39, 0.29) is 11.7 Å². The fourth-order valence-electron chi connectivity index (χ4n) is 1.33. The highest BCUT2D eigenvalue weighted by Crippen LogP contribution is 2.18. The van der Waals surface area contributed by atoms with Crippen molar-refractivity contribution in [2.45, 2.75) is 6.92 Å². The molecule has 1 aliphatic carbocycles. The van der Waals surface area contributed by atoms with Gasteiger partial charge in [0, 0.05) is 0 Å². The fraction of sp³-hybridized carbons (Fsp3) is 0.222. The Balaban J connectivity index is 2.44. The van der Waals surface area contributed by atoms with E-state index in [1.165, 1.54) is 12.2 Å². The predicted molar refractivity (Wildman–Crippen MR) is 48.9 cm³/mol. The number of aliphatic imine (C=N–C) groups is 2.